The number of hydrogen-bond donors (Lipinski definition) is 0. The van der Waals surface area contributed by atoms with Crippen LogP contribution in [0.1, 0.15) is 18.4 Å². The van der Waals surface area contributed by atoms with Crippen LogP contribution >= 0.6 is 0 Å². The predicted molar refractivity (Wildman–Crippen MR) is 65.6 cm³/mol. The molecule has 1 unspecified atom stereocenters. The Balaban J connectivity index is 1.92. The summed E-state index contributed by atoms with van der Waals surface area (Å²) >= 11 is 0. The van der Waals surface area contributed by atoms with Crippen molar-refractivity contribution in [3.05, 3.63) is 36.0 Å². The van der Waals surface area contributed by atoms with Crippen molar-refractivity contribution in [1.82, 2.24) is 4.57 Å². The van der Waals surface area contributed by atoms with Crippen LogP contribution in [0.3, 0.4) is 0 Å². The van der Waals surface area contributed by atoms with Crippen molar-refractivity contribution in [3.8, 4) is 6.07 Å². The molecule has 17 heavy (non-hydrogen) atoms. The Morgan fingerprint density at radius 1 is 1.41 bits per heavy atom. The fraction of sp³-hybridized carbons (Fsp3) is 0.357. The second-order valence-electron chi connectivity index (χ2n) is 4.49. The number of benzene rings is 1. The minimum Gasteiger partial charge on any atom is -0.376 e. The van der Waals surface area contributed by atoms with Gasteiger partial charge in [-0.1, -0.05) is 0 Å². The summed E-state index contributed by atoms with van der Waals surface area (Å²) in [6, 6.07) is 10.0. The average molecular weight is 226 g/mol. The number of nitriles is 1. The predicted octanol–water partition coefficient (Wildman–Crippen LogP) is 2.69. The number of nitrogens with zero attached hydrogens (tertiary/aromatic N) is 2. The van der Waals surface area contributed by atoms with E-state index >= 15 is 0 Å². The molecule has 3 rings (SSSR count). The van der Waals surface area contributed by atoms with Crippen LogP contribution in [0, 0.1) is 11.3 Å². The number of fused-ring (bicyclic) bond motifs is 1. The standard InChI is InChI=1S/C14H14N2O/c15-9-11-3-4-14-12(8-11)5-6-16(14)10-13-2-1-7-17-13/h3-6,8,13H,1-2,7,10H2. The van der Waals surface area contributed by atoms with E-state index in [-0.39, 0.29) is 0 Å². The lowest BCUT2D eigenvalue weighted by molar-refractivity contribution is 0.0980. The summed E-state index contributed by atoms with van der Waals surface area (Å²) in [5.74, 6) is 0. The Hall–Kier alpha value is -1.79. The van der Waals surface area contributed by atoms with E-state index in [2.05, 4.69) is 22.9 Å². The highest BCUT2D eigenvalue weighted by atomic mass is 16.5. The quantitative estimate of drug-likeness (QED) is 0.789. The molecule has 86 valence electrons. The van der Waals surface area contributed by atoms with Crippen molar-refractivity contribution >= 4 is 10.9 Å². The van der Waals surface area contributed by atoms with E-state index in [0.717, 1.165) is 25.0 Å². The van der Waals surface area contributed by atoms with Gasteiger partial charge in [0, 0.05) is 30.3 Å². The first-order valence-electron chi connectivity index (χ1n) is 5.97. The van der Waals surface area contributed by atoms with Crippen LogP contribution in [-0.4, -0.2) is 17.3 Å². The highest BCUT2D eigenvalue weighted by molar-refractivity contribution is 5.81. The van der Waals surface area contributed by atoms with Crippen molar-refractivity contribution in [2.24, 2.45) is 0 Å². The van der Waals surface area contributed by atoms with Crippen LogP contribution in [0.15, 0.2) is 30.5 Å². The normalized spacial score (nSPS) is 19.6. The SMILES string of the molecule is N#Cc1ccc2c(ccn2CC2CCCO2)c1. The maximum Gasteiger partial charge on any atom is 0.0991 e. The molecule has 2 heterocycles. The molecule has 0 aliphatic carbocycles. The Kier molecular flexibility index (Phi) is 2.58. The Morgan fingerprint density at radius 3 is 3.12 bits per heavy atom. The molecule has 0 spiro atoms. The Morgan fingerprint density at radius 2 is 2.35 bits per heavy atom. The van der Waals surface area contributed by atoms with E-state index in [0.29, 0.717) is 11.7 Å². The van der Waals surface area contributed by atoms with E-state index in [9.17, 15) is 0 Å². The van der Waals surface area contributed by atoms with Gasteiger partial charge in [-0.25, -0.2) is 0 Å². The van der Waals surface area contributed by atoms with Crippen molar-refractivity contribution in [1.29, 1.82) is 5.26 Å². The highest BCUT2D eigenvalue weighted by Gasteiger charge is 2.16. The molecular weight excluding hydrogens is 212 g/mol. The Bertz CT molecular complexity index is 573. The van der Waals surface area contributed by atoms with E-state index in [1.165, 1.54) is 11.9 Å². The molecule has 1 aromatic carbocycles. The molecule has 2 aromatic rings. The van der Waals surface area contributed by atoms with Gasteiger partial charge in [-0.15, -0.1) is 0 Å². The molecule has 1 fully saturated rings. The van der Waals surface area contributed by atoms with Gasteiger partial charge in [0.25, 0.3) is 0 Å². The summed E-state index contributed by atoms with van der Waals surface area (Å²) in [5.41, 5.74) is 1.90. The van der Waals surface area contributed by atoms with Crippen molar-refractivity contribution in [2.45, 2.75) is 25.5 Å². The van der Waals surface area contributed by atoms with Crippen LogP contribution in [0.5, 0.6) is 0 Å². The van der Waals surface area contributed by atoms with Crippen molar-refractivity contribution < 1.29 is 4.74 Å². The summed E-state index contributed by atoms with van der Waals surface area (Å²) < 4.78 is 7.86. The molecule has 1 aliphatic rings. The van der Waals surface area contributed by atoms with Gasteiger partial charge in [-0.3, -0.25) is 0 Å². The largest absolute Gasteiger partial charge is 0.376 e. The number of rotatable bonds is 2. The molecule has 1 saturated heterocycles. The summed E-state index contributed by atoms with van der Waals surface area (Å²) in [5, 5.41) is 9.98. The zero-order valence-electron chi connectivity index (χ0n) is 9.60. The van der Waals surface area contributed by atoms with Crippen LogP contribution in [0.4, 0.5) is 0 Å². The third kappa shape index (κ3) is 1.92. The fourth-order valence-corrected chi connectivity index (χ4v) is 2.44. The lowest BCUT2D eigenvalue weighted by atomic mass is 10.2. The molecule has 1 atom stereocenters. The van der Waals surface area contributed by atoms with E-state index in [1.807, 2.05) is 18.2 Å². The number of ether oxygens (including phenoxy) is 1. The molecule has 0 saturated carbocycles. The smallest absolute Gasteiger partial charge is 0.0991 e. The van der Waals surface area contributed by atoms with Gasteiger partial charge in [0.05, 0.1) is 17.7 Å². The average Bonchev–Trinajstić information content (AvgIpc) is 2.99. The van der Waals surface area contributed by atoms with Gasteiger partial charge in [0.1, 0.15) is 0 Å². The maximum absolute atomic E-state index is 8.86. The molecule has 1 aliphatic heterocycles. The molecule has 3 nitrogen and oxygen atoms in total. The monoisotopic (exact) mass is 226 g/mol. The van der Waals surface area contributed by atoms with Crippen LogP contribution in [-0.2, 0) is 11.3 Å². The highest BCUT2D eigenvalue weighted by Crippen LogP contribution is 2.20. The lowest BCUT2D eigenvalue weighted by Crippen LogP contribution is -2.13. The third-order valence-corrected chi connectivity index (χ3v) is 3.32. The van der Waals surface area contributed by atoms with E-state index < -0.39 is 0 Å². The molecule has 0 N–H and O–H groups in total. The van der Waals surface area contributed by atoms with Crippen molar-refractivity contribution in [3.63, 3.8) is 0 Å². The molecule has 3 heteroatoms. The molecule has 0 bridgehead atoms. The lowest BCUT2D eigenvalue weighted by Gasteiger charge is -2.11. The zero-order chi connectivity index (χ0) is 11.7. The molecular formula is C14H14N2O. The molecule has 1 aromatic heterocycles. The second kappa shape index (κ2) is 4.23. The maximum atomic E-state index is 8.86. The second-order valence-corrected chi connectivity index (χ2v) is 4.49. The van der Waals surface area contributed by atoms with Crippen LogP contribution in [0.2, 0.25) is 0 Å². The van der Waals surface area contributed by atoms with Gasteiger partial charge >= 0.3 is 0 Å². The minimum absolute atomic E-state index is 0.348. The topological polar surface area (TPSA) is 38.0 Å². The first-order chi connectivity index (χ1) is 8.36. The summed E-state index contributed by atoms with van der Waals surface area (Å²) in [4.78, 5) is 0. The van der Waals surface area contributed by atoms with Gasteiger partial charge < -0.3 is 9.30 Å². The summed E-state index contributed by atoms with van der Waals surface area (Å²) in [6.45, 7) is 1.80. The minimum atomic E-state index is 0.348. The van der Waals surface area contributed by atoms with Gasteiger partial charge in [-0.2, -0.15) is 5.26 Å². The Labute approximate surface area is 100 Å². The first-order valence-corrected chi connectivity index (χ1v) is 5.97. The van der Waals surface area contributed by atoms with E-state index in [4.69, 9.17) is 10.00 Å². The third-order valence-electron chi connectivity index (χ3n) is 3.32. The molecule has 0 amide bonds. The van der Waals surface area contributed by atoms with Crippen LogP contribution < -0.4 is 0 Å². The first kappa shape index (κ1) is 10.4. The van der Waals surface area contributed by atoms with Gasteiger partial charge in [0.2, 0.25) is 0 Å². The fourth-order valence-electron chi connectivity index (χ4n) is 2.44. The summed E-state index contributed by atoms with van der Waals surface area (Å²) in [6.07, 6.45) is 4.74. The van der Waals surface area contributed by atoms with Crippen LogP contribution in [0.25, 0.3) is 10.9 Å². The number of hydrogen-bond acceptors (Lipinski definition) is 2. The molecule has 0 radical (unpaired) electrons. The number of aromatic nitrogens is 1. The van der Waals surface area contributed by atoms with Crippen molar-refractivity contribution in [2.75, 3.05) is 6.61 Å². The summed E-state index contributed by atoms with van der Waals surface area (Å²) in [7, 11) is 0. The van der Waals surface area contributed by atoms with Gasteiger partial charge in [-0.05, 0) is 37.1 Å². The zero-order valence-corrected chi connectivity index (χ0v) is 9.60. The van der Waals surface area contributed by atoms with Gasteiger partial charge in [0.15, 0.2) is 0 Å². The van der Waals surface area contributed by atoms with E-state index in [1.54, 1.807) is 0 Å².